The first-order valence-electron chi connectivity index (χ1n) is 11.7. The highest BCUT2D eigenvalue weighted by atomic mass is 16.5. The predicted molar refractivity (Wildman–Crippen MR) is 114 cm³/mol. The Morgan fingerprint density at radius 3 is 1.65 bits per heavy atom. The van der Waals surface area contributed by atoms with E-state index in [2.05, 4.69) is 19.2 Å². The second-order valence-electron chi connectivity index (χ2n) is 7.67. The first-order chi connectivity index (χ1) is 12.8. The molecule has 0 rings (SSSR count). The summed E-state index contributed by atoms with van der Waals surface area (Å²) < 4.78 is 5.28. The average Bonchev–Trinajstić information content (AvgIpc) is 2.64. The highest BCUT2D eigenvalue weighted by Gasteiger charge is 2.02. The van der Waals surface area contributed by atoms with E-state index in [-0.39, 0.29) is 5.97 Å². The molecular weight excluding hydrogens is 322 g/mol. The topological polar surface area (TPSA) is 38.3 Å². The maximum Gasteiger partial charge on any atom is 0.305 e. The van der Waals surface area contributed by atoms with Crippen LogP contribution in [0, 0.1) is 0 Å². The third-order valence-electron chi connectivity index (χ3n) is 4.95. The van der Waals surface area contributed by atoms with Gasteiger partial charge in [0, 0.05) is 6.42 Å². The molecule has 26 heavy (non-hydrogen) atoms. The fourth-order valence-corrected chi connectivity index (χ4v) is 3.19. The van der Waals surface area contributed by atoms with Gasteiger partial charge in [0.25, 0.3) is 0 Å². The van der Waals surface area contributed by atoms with Gasteiger partial charge in [0.2, 0.25) is 0 Å². The second kappa shape index (κ2) is 22.5. The molecule has 3 heteroatoms. The summed E-state index contributed by atoms with van der Waals surface area (Å²) in [6.45, 7) is 7.11. The van der Waals surface area contributed by atoms with E-state index in [4.69, 9.17) is 4.74 Å². The molecule has 0 aliphatic rings. The molecule has 0 amide bonds. The molecule has 0 aromatic rings. The van der Waals surface area contributed by atoms with Gasteiger partial charge in [0.15, 0.2) is 0 Å². The summed E-state index contributed by atoms with van der Waals surface area (Å²) in [5.41, 5.74) is 0. The van der Waals surface area contributed by atoms with Gasteiger partial charge in [-0.15, -0.1) is 0 Å². The molecule has 0 saturated heterocycles. The first kappa shape index (κ1) is 25.4. The molecule has 0 bridgehead atoms. The highest BCUT2D eigenvalue weighted by molar-refractivity contribution is 5.69. The van der Waals surface area contributed by atoms with Gasteiger partial charge >= 0.3 is 5.97 Å². The Kier molecular flexibility index (Phi) is 22.0. The third kappa shape index (κ3) is 21.5. The summed E-state index contributed by atoms with van der Waals surface area (Å²) in [5.74, 6) is -0.0174. The lowest BCUT2D eigenvalue weighted by Crippen LogP contribution is -2.19. The zero-order valence-electron chi connectivity index (χ0n) is 18.0. The van der Waals surface area contributed by atoms with Crippen molar-refractivity contribution >= 4 is 5.97 Å². The monoisotopic (exact) mass is 369 g/mol. The fraction of sp³-hybridized carbons (Fsp3) is 0.957. The molecule has 0 aliphatic heterocycles. The molecule has 0 aromatic heterocycles. The maximum absolute atomic E-state index is 11.6. The summed E-state index contributed by atoms with van der Waals surface area (Å²) in [6.07, 6.45) is 21.3. The lowest BCUT2D eigenvalue weighted by Gasteiger charge is -2.07. The lowest BCUT2D eigenvalue weighted by molar-refractivity contribution is -0.143. The van der Waals surface area contributed by atoms with Crippen LogP contribution in [0.25, 0.3) is 0 Å². The van der Waals surface area contributed by atoms with Crippen molar-refractivity contribution in [2.24, 2.45) is 0 Å². The molecule has 156 valence electrons. The quantitative estimate of drug-likeness (QED) is 0.179. The second-order valence-corrected chi connectivity index (χ2v) is 7.67. The van der Waals surface area contributed by atoms with Gasteiger partial charge in [-0.1, -0.05) is 97.3 Å². The van der Waals surface area contributed by atoms with Crippen LogP contribution in [0.1, 0.15) is 123 Å². The van der Waals surface area contributed by atoms with E-state index in [1.165, 1.54) is 83.5 Å². The Hall–Kier alpha value is -0.570. The number of hydrogen-bond donors (Lipinski definition) is 1. The molecule has 0 aliphatic carbocycles. The van der Waals surface area contributed by atoms with E-state index in [9.17, 15) is 4.79 Å². The molecule has 0 heterocycles. The van der Waals surface area contributed by atoms with Gasteiger partial charge < -0.3 is 10.1 Å². The van der Waals surface area contributed by atoms with Gasteiger partial charge in [0.05, 0.1) is 6.61 Å². The van der Waals surface area contributed by atoms with E-state index >= 15 is 0 Å². The van der Waals surface area contributed by atoms with Crippen molar-refractivity contribution in [3.63, 3.8) is 0 Å². The van der Waals surface area contributed by atoms with E-state index in [0.29, 0.717) is 13.0 Å². The number of ether oxygens (including phenoxy) is 1. The van der Waals surface area contributed by atoms with Crippen molar-refractivity contribution in [3.8, 4) is 0 Å². The molecule has 0 spiro atoms. The highest BCUT2D eigenvalue weighted by Crippen LogP contribution is 2.10. The number of esters is 1. The van der Waals surface area contributed by atoms with Crippen molar-refractivity contribution in [3.05, 3.63) is 0 Å². The Bertz CT molecular complexity index is 281. The summed E-state index contributed by atoms with van der Waals surface area (Å²) in [7, 11) is 0. The van der Waals surface area contributed by atoms with Gasteiger partial charge in [-0.05, 0) is 32.4 Å². The minimum Gasteiger partial charge on any atom is -0.466 e. The maximum atomic E-state index is 11.6. The van der Waals surface area contributed by atoms with Crippen LogP contribution in [-0.2, 0) is 9.53 Å². The molecule has 0 aromatic carbocycles. The summed E-state index contributed by atoms with van der Waals surface area (Å²) in [4.78, 5) is 11.6. The fourth-order valence-electron chi connectivity index (χ4n) is 3.19. The normalized spacial score (nSPS) is 11.0. The van der Waals surface area contributed by atoms with Gasteiger partial charge in [0.1, 0.15) is 0 Å². The van der Waals surface area contributed by atoms with Crippen LogP contribution in [0.5, 0.6) is 0 Å². The number of nitrogens with one attached hydrogen (secondary N) is 1. The molecule has 0 saturated carbocycles. The standard InChI is InChI=1S/C23H47NO2/c1-3-5-7-9-10-11-12-13-15-17-20-24-21-18-22-26-23(25)19-16-14-8-6-4-2/h24H,3-22H2,1-2H3. The lowest BCUT2D eigenvalue weighted by atomic mass is 10.1. The first-order valence-corrected chi connectivity index (χ1v) is 11.7. The van der Waals surface area contributed by atoms with Crippen molar-refractivity contribution < 1.29 is 9.53 Å². The molecule has 0 fully saturated rings. The number of hydrogen-bond acceptors (Lipinski definition) is 3. The minimum atomic E-state index is -0.0174. The van der Waals surface area contributed by atoms with Crippen LogP contribution in [0.3, 0.4) is 0 Å². The Balaban J connectivity index is 3.09. The SMILES string of the molecule is CCCCCCCCCCCCNCCCOC(=O)CCCCCCC. The average molecular weight is 370 g/mol. The molecule has 0 unspecified atom stereocenters. The zero-order valence-corrected chi connectivity index (χ0v) is 18.0. The van der Waals surface area contributed by atoms with E-state index in [1.54, 1.807) is 0 Å². The molecule has 0 atom stereocenters. The minimum absolute atomic E-state index is 0.0174. The third-order valence-corrected chi connectivity index (χ3v) is 4.95. The summed E-state index contributed by atoms with van der Waals surface area (Å²) in [6, 6.07) is 0. The van der Waals surface area contributed by atoms with Crippen LogP contribution in [0.2, 0.25) is 0 Å². The Morgan fingerprint density at radius 1 is 0.615 bits per heavy atom. The number of rotatable bonds is 21. The van der Waals surface area contributed by atoms with Crippen molar-refractivity contribution in [1.29, 1.82) is 0 Å². The van der Waals surface area contributed by atoms with Crippen molar-refractivity contribution in [2.75, 3.05) is 19.7 Å². The molecule has 1 N–H and O–H groups in total. The summed E-state index contributed by atoms with van der Waals surface area (Å²) >= 11 is 0. The van der Waals surface area contributed by atoms with Gasteiger partial charge in [-0.2, -0.15) is 0 Å². The van der Waals surface area contributed by atoms with E-state index < -0.39 is 0 Å². The van der Waals surface area contributed by atoms with Crippen LogP contribution < -0.4 is 5.32 Å². The number of unbranched alkanes of at least 4 members (excludes halogenated alkanes) is 13. The van der Waals surface area contributed by atoms with Crippen LogP contribution >= 0.6 is 0 Å². The predicted octanol–water partition coefficient (Wildman–Crippen LogP) is 6.79. The largest absolute Gasteiger partial charge is 0.466 e. The van der Waals surface area contributed by atoms with Crippen molar-refractivity contribution in [1.82, 2.24) is 5.32 Å². The van der Waals surface area contributed by atoms with Crippen LogP contribution in [0.15, 0.2) is 0 Å². The van der Waals surface area contributed by atoms with Crippen LogP contribution in [0.4, 0.5) is 0 Å². The van der Waals surface area contributed by atoms with Crippen molar-refractivity contribution in [2.45, 2.75) is 123 Å². The zero-order chi connectivity index (χ0) is 19.1. The molecule has 0 radical (unpaired) electrons. The van der Waals surface area contributed by atoms with Gasteiger partial charge in [-0.25, -0.2) is 0 Å². The molecular formula is C23H47NO2. The van der Waals surface area contributed by atoms with Gasteiger partial charge in [-0.3, -0.25) is 4.79 Å². The Labute approximate surface area is 164 Å². The smallest absolute Gasteiger partial charge is 0.305 e. The Morgan fingerprint density at radius 2 is 1.08 bits per heavy atom. The number of carbonyl (C=O) groups excluding carboxylic acids is 1. The molecule has 3 nitrogen and oxygen atoms in total. The van der Waals surface area contributed by atoms with E-state index in [1.807, 2.05) is 0 Å². The summed E-state index contributed by atoms with van der Waals surface area (Å²) in [5, 5.41) is 3.46. The number of carbonyl (C=O) groups is 1. The van der Waals surface area contributed by atoms with E-state index in [0.717, 1.165) is 32.4 Å². The van der Waals surface area contributed by atoms with Crippen LogP contribution in [-0.4, -0.2) is 25.7 Å².